The third-order valence-corrected chi connectivity index (χ3v) is 5.42. The van der Waals surface area contributed by atoms with Crippen molar-refractivity contribution in [3.05, 3.63) is 92.6 Å². The van der Waals surface area contributed by atoms with E-state index in [1.54, 1.807) is 11.3 Å². The first kappa shape index (κ1) is 17.7. The zero-order chi connectivity index (χ0) is 17.6. The highest BCUT2D eigenvalue weighted by atomic mass is 35.5. The highest BCUT2D eigenvalue weighted by Gasteiger charge is 2.18. The predicted octanol–water partition coefficient (Wildman–Crippen LogP) is 5.95. The van der Waals surface area contributed by atoms with Crippen LogP contribution in [0.15, 0.2) is 66.0 Å². The van der Waals surface area contributed by atoms with Gasteiger partial charge in [-0.3, -0.25) is 0 Å². The molecule has 3 aromatic rings. The second-order valence-corrected chi connectivity index (χ2v) is 7.26. The van der Waals surface area contributed by atoms with Crippen LogP contribution in [0.25, 0.3) is 0 Å². The minimum absolute atomic E-state index is 0.164. The van der Waals surface area contributed by atoms with E-state index in [1.165, 1.54) is 4.88 Å². The molecule has 128 valence electrons. The minimum Gasteiger partial charge on any atom is -0.462 e. The third kappa shape index (κ3) is 4.50. The first-order valence-electron chi connectivity index (χ1n) is 8.19. The first-order chi connectivity index (χ1) is 12.1. The Bertz CT molecular complexity index is 843. The topological polar surface area (TPSA) is 26.3 Å². The molecule has 0 aliphatic heterocycles. The second kappa shape index (κ2) is 8.32. The fourth-order valence-electron chi connectivity index (χ4n) is 2.78. The van der Waals surface area contributed by atoms with Crippen molar-refractivity contribution >= 4 is 28.9 Å². The van der Waals surface area contributed by atoms with Gasteiger partial charge in [0.2, 0.25) is 0 Å². The van der Waals surface area contributed by atoms with Crippen LogP contribution in [0.1, 0.15) is 39.2 Å². The summed E-state index contributed by atoms with van der Waals surface area (Å²) in [6.07, 6.45) is 0.648. The Labute approximate surface area is 157 Å². The maximum atomic E-state index is 12.6. The van der Waals surface area contributed by atoms with Gasteiger partial charge in [-0.15, -0.1) is 11.3 Å². The van der Waals surface area contributed by atoms with Crippen LogP contribution < -0.4 is 0 Å². The molecule has 1 atom stereocenters. The molecule has 0 radical (unpaired) electrons. The number of rotatable bonds is 6. The minimum atomic E-state index is -0.277. The van der Waals surface area contributed by atoms with Crippen molar-refractivity contribution in [2.45, 2.75) is 19.3 Å². The van der Waals surface area contributed by atoms with Gasteiger partial charge in [0.1, 0.15) is 0 Å². The Morgan fingerprint density at radius 3 is 2.72 bits per heavy atom. The summed E-state index contributed by atoms with van der Waals surface area (Å²) in [4.78, 5) is 13.8. The van der Waals surface area contributed by atoms with Gasteiger partial charge in [0, 0.05) is 22.2 Å². The highest BCUT2D eigenvalue weighted by Crippen LogP contribution is 2.30. The van der Waals surface area contributed by atoms with Gasteiger partial charge in [0.25, 0.3) is 0 Å². The average Bonchev–Trinajstić information content (AvgIpc) is 3.16. The van der Waals surface area contributed by atoms with E-state index in [1.807, 2.05) is 54.6 Å². The molecule has 0 amide bonds. The molecular formula is C21H19ClO2S. The molecule has 0 N–H and O–H groups in total. The predicted molar refractivity (Wildman–Crippen MR) is 104 cm³/mol. The van der Waals surface area contributed by atoms with Crippen LogP contribution in [0, 0.1) is 0 Å². The summed E-state index contributed by atoms with van der Waals surface area (Å²) in [7, 11) is 0. The summed E-state index contributed by atoms with van der Waals surface area (Å²) < 4.78 is 5.50. The SMILES string of the molecule is CC(c1cccs1)c1ccccc1C(=O)OCCc1cccc(Cl)c1. The summed E-state index contributed by atoms with van der Waals surface area (Å²) in [5, 5.41) is 2.75. The van der Waals surface area contributed by atoms with Crippen molar-refractivity contribution in [2.24, 2.45) is 0 Å². The fourth-order valence-corrected chi connectivity index (χ4v) is 3.80. The van der Waals surface area contributed by atoms with Gasteiger partial charge < -0.3 is 4.74 Å². The van der Waals surface area contributed by atoms with E-state index in [0.717, 1.165) is 11.1 Å². The molecule has 0 aliphatic rings. The Kier molecular flexibility index (Phi) is 5.90. The van der Waals surface area contributed by atoms with Gasteiger partial charge in [-0.05, 0) is 40.8 Å². The maximum Gasteiger partial charge on any atom is 0.338 e. The Morgan fingerprint density at radius 2 is 1.96 bits per heavy atom. The van der Waals surface area contributed by atoms with Crippen molar-refractivity contribution in [1.29, 1.82) is 0 Å². The number of carbonyl (C=O) groups excluding carboxylic acids is 1. The van der Waals surface area contributed by atoms with Crippen LogP contribution in [0.2, 0.25) is 5.02 Å². The highest BCUT2D eigenvalue weighted by molar-refractivity contribution is 7.10. The standard InChI is InChI=1S/C21H19ClO2S/c1-15(20-10-5-13-25-20)18-8-2-3-9-19(18)21(23)24-12-11-16-6-4-7-17(22)14-16/h2-10,13-15H,11-12H2,1H3. The summed E-state index contributed by atoms with van der Waals surface area (Å²) in [6.45, 7) is 2.45. The van der Waals surface area contributed by atoms with Crippen LogP contribution in [0.3, 0.4) is 0 Å². The molecule has 0 bridgehead atoms. The van der Waals surface area contributed by atoms with Crippen molar-refractivity contribution in [3.8, 4) is 0 Å². The number of hydrogen-bond acceptors (Lipinski definition) is 3. The summed E-state index contributed by atoms with van der Waals surface area (Å²) in [5.41, 5.74) is 2.69. The van der Waals surface area contributed by atoms with Gasteiger partial charge in [0.05, 0.1) is 12.2 Å². The van der Waals surface area contributed by atoms with Gasteiger partial charge in [-0.1, -0.05) is 54.9 Å². The molecule has 4 heteroatoms. The lowest BCUT2D eigenvalue weighted by Gasteiger charge is -2.15. The normalized spacial score (nSPS) is 11.9. The number of carbonyl (C=O) groups is 1. The Balaban J connectivity index is 1.68. The monoisotopic (exact) mass is 370 g/mol. The molecule has 0 saturated heterocycles. The molecule has 0 saturated carbocycles. The summed E-state index contributed by atoms with van der Waals surface area (Å²) in [6, 6.07) is 19.4. The number of benzene rings is 2. The number of halogens is 1. The second-order valence-electron chi connectivity index (χ2n) is 5.84. The lowest BCUT2D eigenvalue weighted by atomic mass is 9.94. The van der Waals surface area contributed by atoms with E-state index in [9.17, 15) is 4.79 Å². The molecule has 1 aromatic heterocycles. The molecule has 2 aromatic carbocycles. The first-order valence-corrected chi connectivity index (χ1v) is 9.45. The molecule has 0 spiro atoms. The van der Waals surface area contributed by atoms with Crippen LogP contribution >= 0.6 is 22.9 Å². The largest absolute Gasteiger partial charge is 0.462 e. The molecule has 1 heterocycles. The van der Waals surface area contributed by atoms with Crippen LogP contribution in [-0.4, -0.2) is 12.6 Å². The van der Waals surface area contributed by atoms with Gasteiger partial charge >= 0.3 is 5.97 Å². The van der Waals surface area contributed by atoms with E-state index in [0.29, 0.717) is 23.6 Å². The molecule has 1 unspecified atom stereocenters. The van der Waals surface area contributed by atoms with E-state index < -0.39 is 0 Å². The van der Waals surface area contributed by atoms with E-state index in [-0.39, 0.29) is 11.9 Å². The quantitative estimate of drug-likeness (QED) is 0.501. The van der Waals surface area contributed by atoms with E-state index in [4.69, 9.17) is 16.3 Å². The number of hydrogen-bond donors (Lipinski definition) is 0. The van der Waals surface area contributed by atoms with Gasteiger partial charge in [-0.2, -0.15) is 0 Å². The zero-order valence-electron chi connectivity index (χ0n) is 13.9. The molecular weight excluding hydrogens is 352 g/mol. The number of ether oxygens (including phenoxy) is 1. The van der Waals surface area contributed by atoms with Crippen LogP contribution in [0.5, 0.6) is 0 Å². The van der Waals surface area contributed by atoms with Crippen molar-refractivity contribution in [2.75, 3.05) is 6.61 Å². The van der Waals surface area contributed by atoms with E-state index in [2.05, 4.69) is 18.4 Å². The molecule has 25 heavy (non-hydrogen) atoms. The lowest BCUT2D eigenvalue weighted by Crippen LogP contribution is -2.12. The van der Waals surface area contributed by atoms with Crippen LogP contribution in [0.4, 0.5) is 0 Å². The summed E-state index contributed by atoms with van der Waals surface area (Å²) in [5.74, 6) is -0.113. The zero-order valence-corrected chi connectivity index (χ0v) is 15.5. The average molecular weight is 371 g/mol. The third-order valence-electron chi connectivity index (χ3n) is 4.13. The van der Waals surface area contributed by atoms with E-state index >= 15 is 0 Å². The van der Waals surface area contributed by atoms with Crippen molar-refractivity contribution in [1.82, 2.24) is 0 Å². The van der Waals surface area contributed by atoms with Gasteiger partial charge in [0.15, 0.2) is 0 Å². The molecule has 0 fully saturated rings. The lowest BCUT2D eigenvalue weighted by molar-refractivity contribution is 0.0508. The Hall–Kier alpha value is -2.10. The molecule has 2 nitrogen and oxygen atoms in total. The number of esters is 1. The molecule has 0 aliphatic carbocycles. The molecule has 3 rings (SSSR count). The van der Waals surface area contributed by atoms with Crippen LogP contribution in [-0.2, 0) is 11.2 Å². The number of thiophene rings is 1. The maximum absolute atomic E-state index is 12.6. The van der Waals surface area contributed by atoms with Crippen molar-refractivity contribution in [3.63, 3.8) is 0 Å². The summed E-state index contributed by atoms with van der Waals surface area (Å²) >= 11 is 7.68. The smallest absolute Gasteiger partial charge is 0.338 e. The Morgan fingerprint density at radius 1 is 1.12 bits per heavy atom. The fraction of sp³-hybridized carbons (Fsp3) is 0.190. The van der Waals surface area contributed by atoms with Crippen molar-refractivity contribution < 1.29 is 9.53 Å². The van der Waals surface area contributed by atoms with Gasteiger partial charge in [-0.25, -0.2) is 4.79 Å².